The summed E-state index contributed by atoms with van der Waals surface area (Å²) in [6.07, 6.45) is 23.4. The molecule has 0 spiro atoms. The van der Waals surface area contributed by atoms with Crippen molar-refractivity contribution in [3.05, 3.63) is 163 Å². The fraction of sp³-hybridized carbons (Fsp3) is 0. The van der Waals surface area contributed by atoms with E-state index in [0.29, 0.717) is 0 Å². The van der Waals surface area contributed by atoms with E-state index in [9.17, 15) is 0 Å². The molecule has 0 aromatic heterocycles. The van der Waals surface area contributed by atoms with Gasteiger partial charge in [-0.2, -0.15) is 0 Å². The maximum absolute atomic E-state index is 3.86. The predicted octanol–water partition coefficient (Wildman–Crippen LogP) is 9.37. The molecule has 0 nitrogen and oxygen atoms in total. The molecule has 0 saturated heterocycles. The Hall–Kier alpha value is 0.655. The summed E-state index contributed by atoms with van der Waals surface area (Å²) in [6, 6.07) is 7.57. The Bertz CT molecular complexity index is 907. The van der Waals surface area contributed by atoms with E-state index in [1.54, 1.807) is 0 Å². The molecule has 9 heteroatoms. The molecule has 1 aromatic carbocycles. The van der Waals surface area contributed by atoms with Crippen LogP contribution in [0.1, 0.15) is 0 Å². The van der Waals surface area contributed by atoms with Crippen LogP contribution in [0.15, 0.2) is 163 Å². The van der Waals surface area contributed by atoms with E-state index in [4.69, 9.17) is 0 Å². The summed E-state index contributed by atoms with van der Waals surface area (Å²) < 4.78 is 4.57. The van der Waals surface area contributed by atoms with Crippen LogP contribution in [-0.4, -0.2) is 52.2 Å². The van der Waals surface area contributed by atoms with Gasteiger partial charge in [-0.05, 0) is 0 Å². The molecule has 0 fully saturated rings. The van der Waals surface area contributed by atoms with Gasteiger partial charge in [0.15, 0.2) is 0 Å². The molecule has 0 heterocycles. The summed E-state index contributed by atoms with van der Waals surface area (Å²) in [6.45, 7) is 23.2. The second-order valence-corrected chi connectivity index (χ2v) is 48.4. The minimum absolute atomic E-state index is 1.52. The topological polar surface area (TPSA) is 0 Å². The van der Waals surface area contributed by atoms with E-state index in [-0.39, 0.29) is 0 Å². The molecule has 0 bridgehead atoms. The minimum atomic E-state index is -2.02. The monoisotopic (exact) mass is 948 g/mol. The Balaban J connectivity index is 3.76. The Labute approximate surface area is 274 Å². The number of rotatable bonds is 21. The molecule has 0 radical (unpaired) electrons. The molecular formula is C30H33S6Sb3. The zero-order valence-corrected chi connectivity index (χ0v) is 34.2. The van der Waals surface area contributed by atoms with Crippen LogP contribution in [0.5, 0.6) is 0 Å². The van der Waals surface area contributed by atoms with Crippen LogP contribution in [0.4, 0.5) is 0 Å². The summed E-state index contributed by atoms with van der Waals surface area (Å²) in [5.41, 5.74) is 0. The van der Waals surface area contributed by atoms with E-state index < -0.39 is 52.2 Å². The standard InChI is InChI=1S/C6H3.6C4H6S.3Sb/c1-2-4-6-5-3-1;6*1-2-3-4-5;;;/h1,4-5H;6*2-5H,1H2;;;/q;;;;;;;3*+2/p-6. The first-order chi connectivity index (χ1) is 19.1. The first-order valence-corrected chi connectivity index (χ1v) is 39.0. The molecule has 0 aliphatic rings. The Kier molecular flexibility index (Phi) is 25.4. The zero-order valence-electron chi connectivity index (χ0n) is 21.7. The van der Waals surface area contributed by atoms with Crippen LogP contribution >= 0.6 is 53.1 Å². The van der Waals surface area contributed by atoms with Crippen LogP contribution < -0.4 is 10.5 Å². The summed E-state index contributed by atoms with van der Waals surface area (Å²) in [5.74, 6) is 0. The summed E-state index contributed by atoms with van der Waals surface area (Å²) in [4.78, 5) is 0. The summed E-state index contributed by atoms with van der Waals surface area (Å²) in [7, 11) is 11.9. The second-order valence-electron chi connectivity index (χ2n) is 6.50. The van der Waals surface area contributed by atoms with Gasteiger partial charge in [0, 0.05) is 0 Å². The first kappa shape index (κ1) is 37.7. The molecular weight excluding hydrogens is 918 g/mol. The number of hydrogen-bond acceptors (Lipinski definition) is 6. The van der Waals surface area contributed by atoms with E-state index in [2.05, 4.69) is 90.1 Å². The van der Waals surface area contributed by atoms with Crippen LogP contribution in [0.25, 0.3) is 0 Å². The summed E-state index contributed by atoms with van der Waals surface area (Å²) >= 11 is -6.06. The molecule has 0 atom stereocenters. The predicted molar refractivity (Wildman–Crippen MR) is 204 cm³/mol. The van der Waals surface area contributed by atoms with Gasteiger partial charge in [-0.3, -0.25) is 0 Å². The van der Waals surface area contributed by atoms with Crippen molar-refractivity contribution < 1.29 is 0 Å². The number of benzene rings is 1. The zero-order chi connectivity index (χ0) is 28.6. The van der Waals surface area contributed by atoms with E-state index in [0.717, 1.165) is 0 Å². The van der Waals surface area contributed by atoms with Gasteiger partial charge in [-0.15, -0.1) is 0 Å². The van der Waals surface area contributed by atoms with Crippen LogP contribution in [0.3, 0.4) is 0 Å². The first-order valence-electron chi connectivity index (χ1n) is 11.4. The molecule has 0 N–H and O–H groups in total. The van der Waals surface area contributed by atoms with Crippen molar-refractivity contribution in [1.82, 2.24) is 0 Å². The van der Waals surface area contributed by atoms with Gasteiger partial charge in [0.2, 0.25) is 0 Å². The quantitative estimate of drug-likeness (QED) is 0.0885. The SMILES string of the molecule is C=CC=C[S][Sb]([S]C=CC=C)[c]1c[c]([Sb]([S]C=CC=C)[S]C=CC=C)c[c]([Sb]([S]C=CC=C)[S]C=CC=C)c1. The average molecular weight is 951 g/mol. The molecule has 1 rings (SSSR count). The molecule has 0 unspecified atom stereocenters. The number of hydrogen-bond donors (Lipinski definition) is 0. The van der Waals surface area contributed by atoms with Gasteiger partial charge in [-0.25, -0.2) is 0 Å². The van der Waals surface area contributed by atoms with Crippen molar-refractivity contribution in [2.24, 2.45) is 0 Å². The van der Waals surface area contributed by atoms with E-state index >= 15 is 0 Å². The van der Waals surface area contributed by atoms with Gasteiger partial charge < -0.3 is 0 Å². The molecule has 1 aromatic rings. The summed E-state index contributed by atoms with van der Waals surface area (Å²) in [5, 5.41) is 13.3. The van der Waals surface area contributed by atoms with Gasteiger partial charge in [-0.1, -0.05) is 0 Å². The van der Waals surface area contributed by atoms with Gasteiger partial charge in [0.1, 0.15) is 0 Å². The average Bonchev–Trinajstić information content (AvgIpc) is 2.95. The van der Waals surface area contributed by atoms with E-state index in [1.807, 2.05) is 126 Å². The van der Waals surface area contributed by atoms with Crippen molar-refractivity contribution >= 4 is 116 Å². The Morgan fingerprint density at radius 1 is 0.359 bits per heavy atom. The molecule has 0 amide bonds. The molecule has 204 valence electrons. The fourth-order valence-corrected chi connectivity index (χ4v) is 41.8. The third kappa shape index (κ3) is 17.4. The van der Waals surface area contributed by atoms with Crippen molar-refractivity contribution in [1.29, 1.82) is 0 Å². The van der Waals surface area contributed by atoms with Crippen molar-refractivity contribution in [3.63, 3.8) is 0 Å². The van der Waals surface area contributed by atoms with Crippen molar-refractivity contribution in [2.75, 3.05) is 0 Å². The van der Waals surface area contributed by atoms with Crippen molar-refractivity contribution in [3.8, 4) is 0 Å². The van der Waals surface area contributed by atoms with E-state index in [1.165, 1.54) is 10.5 Å². The molecule has 0 aliphatic carbocycles. The Morgan fingerprint density at radius 3 is 0.692 bits per heavy atom. The normalized spacial score (nSPS) is 12.4. The maximum atomic E-state index is 3.86. The van der Waals surface area contributed by atoms with Gasteiger partial charge in [0.25, 0.3) is 0 Å². The Morgan fingerprint density at radius 2 is 0.538 bits per heavy atom. The fourth-order valence-electron chi connectivity index (χ4n) is 2.21. The van der Waals surface area contributed by atoms with Gasteiger partial charge >= 0.3 is 279 Å². The van der Waals surface area contributed by atoms with Gasteiger partial charge in [0.05, 0.1) is 0 Å². The van der Waals surface area contributed by atoms with Crippen LogP contribution in [-0.2, 0) is 0 Å². The third-order valence-electron chi connectivity index (χ3n) is 3.75. The molecule has 0 aliphatic heterocycles. The van der Waals surface area contributed by atoms with Crippen LogP contribution in [0.2, 0.25) is 0 Å². The van der Waals surface area contributed by atoms with Crippen molar-refractivity contribution in [2.45, 2.75) is 0 Å². The molecule has 0 saturated carbocycles. The second kappa shape index (κ2) is 26.3. The molecule has 39 heavy (non-hydrogen) atoms. The third-order valence-corrected chi connectivity index (χ3v) is 47.4. The number of allylic oxidation sites excluding steroid dienone is 12. The van der Waals surface area contributed by atoms with Crippen LogP contribution in [0, 0.1) is 0 Å².